The fourth-order valence-electron chi connectivity index (χ4n) is 1.88. The van der Waals surface area contributed by atoms with Crippen LogP contribution in [0.4, 0.5) is 0 Å². The Labute approximate surface area is 107 Å². The normalized spacial score (nSPS) is 18.3. The molecular weight excluding hydrogens is 258 g/mol. The summed E-state index contributed by atoms with van der Waals surface area (Å²) in [4.78, 5) is 22.2. The smallest absolute Gasteiger partial charge is 0.309 e. The summed E-state index contributed by atoms with van der Waals surface area (Å²) in [6, 6.07) is 0. The fraction of sp³-hybridized carbons (Fsp3) is 0.800. The molecule has 2 N–H and O–H groups in total. The van der Waals surface area contributed by atoms with Gasteiger partial charge in [-0.3, -0.25) is 9.59 Å². The molecule has 0 saturated carbocycles. The highest BCUT2D eigenvalue weighted by atomic mass is 32.2. The van der Waals surface area contributed by atoms with E-state index in [4.69, 9.17) is 0 Å². The van der Waals surface area contributed by atoms with Gasteiger partial charge >= 0.3 is 11.8 Å². The maximum Gasteiger partial charge on any atom is 0.309 e. The van der Waals surface area contributed by atoms with Gasteiger partial charge in [0.2, 0.25) is 10.0 Å². The Balaban J connectivity index is 2.32. The summed E-state index contributed by atoms with van der Waals surface area (Å²) >= 11 is 0. The fourth-order valence-corrected chi connectivity index (χ4v) is 2.75. The molecule has 1 aliphatic heterocycles. The highest BCUT2D eigenvalue weighted by Gasteiger charge is 2.25. The lowest BCUT2D eigenvalue weighted by Crippen LogP contribution is -2.44. The number of hydrogen-bond acceptors (Lipinski definition) is 4. The average Bonchev–Trinajstić information content (AvgIpc) is 2.34. The van der Waals surface area contributed by atoms with Crippen molar-refractivity contribution in [3.63, 3.8) is 0 Å². The van der Waals surface area contributed by atoms with Crippen molar-refractivity contribution in [2.24, 2.45) is 5.92 Å². The standard InChI is InChI=1S/C10H19N3O4S/c1-11-9(14)10(15)12-7-8-3-5-13(6-4-8)18(2,16)17/h8H,3-7H2,1-2H3,(H,11,14)(H,12,15). The first-order valence-electron chi connectivity index (χ1n) is 5.79. The highest BCUT2D eigenvalue weighted by Crippen LogP contribution is 2.18. The SMILES string of the molecule is CNC(=O)C(=O)NCC1CCN(S(C)(=O)=O)CC1. The van der Waals surface area contributed by atoms with Gasteiger partial charge in [-0.2, -0.15) is 0 Å². The molecule has 0 aromatic heterocycles. The number of hydrogen-bond donors (Lipinski definition) is 2. The van der Waals surface area contributed by atoms with Gasteiger partial charge in [0, 0.05) is 26.7 Å². The molecule has 1 heterocycles. The van der Waals surface area contributed by atoms with Crippen molar-refractivity contribution in [2.75, 3.05) is 32.9 Å². The third-order valence-corrected chi connectivity index (χ3v) is 4.33. The van der Waals surface area contributed by atoms with Gasteiger partial charge in [-0.1, -0.05) is 0 Å². The van der Waals surface area contributed by atoms with Crippen molar-refractivity contribution >= 4 is 21.8 Å². The van der Waals surface area contributed by atoms with Crippen molar-refractivity contribution in [1.29, 1.82) is 0 Å². The van der Waals surface area contributed by atoms with E-state index < -0.39 is 21.8 Å². The molecule has 0 spiro atoms. The van der Waals surface area contributed by atoms with Crippen LogP contribution < -0.4 is 10.6 Å². The topological polar surface area (TPSA) is 95.6 Å². The van der Waals surface area contributed by atoms with Gasteiger partial charge in [0.05, 0.1) is 6.26 Å². The first-order valence-corrected chi connectivity index (χ1v) is 7.64. The van der Waals surface area contributed by atoms with Crippen LogP contribution in [0.3, 0.4) is 0 Å². The van der Waals surface area contributed by atoms with E-state index in [-0.39, 0.29) is 5.92 Å². The lowest BCUT2D eigenvalue weighted by atomic mass is 9.98. The Bertz CT molecular complexity index is 413. The Hall–Kier alpha value is -1.15. The zero-order chi connectivity index (χ0) is 13.8. The average molecular weight is 277 g/mol. The number of carbonyl (C=O) groups is 2. The molecule has 0 aliphatic carbocycles. The first-order chi connectivity index (χ1) is 8.34. The second-order valence-corrected chi connectivity index (χ2v) is 6.38. The van der Waals surface area contributed by atoms with Crippen LogP contribution in [-0.4, -0.2) is 57.5 Å². The van der Waals surface area contributed by atoms with Gasteiger partial charge in [-0.05, 0) is 18.8 Å². The molecule has 1 fully saturated rings. The van der Waals surface area contributed by atoms with Gasteiger partial charge in [0.25, 0.3) is 0 Å². The number of piperidine rings is 1. The highest BCUT2D eigenvalue weighted by molar-refractivity contribution is 7.88. The van der Waals surface area contributed by atoms with Gasteiger partial charge in [-0.25, -0.2) is 12.7 Å². The molecular formula is C10H19N3O4S. The van der Waals surface area contributed by atoms with Crippen LogP contribution in [-0.2, 0) is 19.6 Å². The summed E-state index contributed by atoms with van der Waals surface area (Å²) < 4.78 is 24.0. The molecule has 0 unspecified atom stereocenters. The lowest BCUT2D eigenvalue weighted by Gasteiger charge is -2.30. The summed E-state index contributed by atoms with van der Waals surface area (Å²) in [7, 11) is -1.72. The Morgan fingerprint density at radius 2 is 1.78 bits per heavy atom. The minimum Gasteiger partial charge on any atom is -0.351 e. The van der Waals surface area contributed by atoms with Gasteiger partial charge in [-0.15, -0.1) is 0 Å². The molecule has 1 aliphatic rings. The molecule has 0 aromatic rings. The van der Waals surface area contributed by atoms with E-state index in [1.54, 1.807) is 0 Å². The molecule has 1 rings (SSSR count). The first kappa shape index (κ1) is 14.9. The predicted molar refractivity (Wildman–Crippen MR) is 66.2 cm³/mol. The van der Waals surface area contributed by atoms with E-state index in [0.717, 1.165) is 0 Å². The van der Waals surface area contributed by atoms with Crippen LogP contribution in [0.15, 0.2) is 0 Å². The third-order valence-electron chi connectivity index (χ3n) is 3.03. The van der Waals surface area contributed by atoms with E-state index in [1.165, 1.54) is 17.6 Å². The molecule has 104 valence electrons. The second-order valence-electron chi connectivity index (χ2n) is 4.39. The monoisotopic (exact) mass is 277 g/mol. The molecule has 18 heavy (non-hydrogen) atoms. The van der Waals surface area contributed by atoms with E-state index in [1.807, 2.05) is 0 Å². The summed E-state index contributed by atoms with van der Waals surface area (Å²) in [5.41, 5.74) is 0. The number of nitrogens with zero attached hydrogens (tertiary/aromatic N) is 1. The second kappa shape index (κ2) is 6.14. The summed E-state index contributed by atoms with van der Waals surface area (Å²) in [6.07, 6.45) is 2.59. The maximum atomic E-state index is 11.3. The largest absolute Gasteiger partial charge is 0.351 e. The van der Waals surface area contributed by atoms with Crippen LogP contribution >= 0.6 is 0 Å². The van der Waals surface area contributed by atoms with Crippen LogP contribution in [0.2, 0.25) is 0 Å². The van der Waals surface area contributed by atoms with E-state index >= 15 is 0 Å². The number of carbonyl (C=O) groups excluding carboxylic acids is 2. The molecule has 0 atom stereocenters. The van der Waals surface area contributed by atoms with Gasteiger partial charge < -0.3 is 10.6 Å². The zero-order valence-corrected chi connectivity index (χ0v) is 11.4. The van der Waals surface area contributed by atoms with Crippen molar-refractivity contribution in [3.05, 3.63) is 0 Å². The summed E-state index contributed by atoms with van der Waals surface area (Å²) in [5, 5.41) is 4.78. The summed E-state index contributed by atoms with van der Waals surface area (Å²) in [6.45, 7) is 1.35. The number of rotatable bonds is 3. The quantitative estimate of drug-likeness (QED) is 0.615. The molecule has 0 aromatic carbocycles. The molecule has 7 nitrogen and oxygen atoms in total. The van der Waals surface area contributed by atoms with E-state index in [0.29, 0.717) is 32.5 Å². The molecule has 2 amide bonds. The number of amides is 2. The predicted octanol–water partition coefficient (Wildman–Crippen LogP) is -1.48. The van der Waals surface area contributed by atoms with Gasteiger partial charge in [0.15, 0.2) is 0 Å². The van der Waals surface area contributed by atoms with Crippen molar-refractivity contribution in [2.45, 2.75) is 12.8 Å². The number of likely N-dealkylation sites (N-methyl/N-ethyl adjacent to an activating group) is 1. The number of sulfonamides is 1. The third kappa shape index (κ3) is 4.26. The van der Waals surface area contributed by atoms with E-state index in [2.05, 4.69) is 10.6 Å². The van der Waals surface area contributed by atoms with E-state index in [9.17, 15) is 18.0 Å². The van der Waals surface area contributed by atoms with Crippen LogP contribution in [0.25, 0.3) is 0 Å². The van der Waals surface area contributed by atoms with Crippen molar-refractivity contribution in [3.8, 4) is 0 Å². The minimum absolute atomic E-state index is 0.219. The zero-order valence-electron chi connectivity index (χ0n) is 10.6. The Morgan fingerprint density at radius 3 is 2.22 bits per heavy atom. The van der Waals surface area contributed by atoms with Crippen molar-refractivity contribution < 1.29 is 18.0 Å². The van der Waals surface area contributed by atoms with Crippen molar-refractivity contribution in [1.82, 2.24) is 14.9 Å². The maximum absolute atomic E-state index is 11.3. The Kier molecular flexibility index (Phi) is 5.09. The lowest BCUT2D eigenvalue weighted by molar-refractivity contribution is -0.139. The molecule has 1 saturated heterocycles. The van der Waals surface area contributed by atoms with Crippen LogP contribution in [0.1, 0.15) is 12.8 Å². The Morgan fingerprint density at radius 1 is 1.22 bits per heavy atom. The van der Waals surface area contributed by atoms with Gasteiger partial charge in [0.1, 0.15) is 0 Å². The van der Waals surface area contributed by atoms with Crippen LogP contribution in [0.5, 0.6) is 0 Å². The van der Waals surface area contributed by atoms with Crippen LogP contribution in [0, 0.1) is 5.92 Å². The molecule has 0 radical (unpaired) electrons. The number of nitrogens with one attached hydrogen (secondary N) is 2. The summed E-state index contributed by atoms with van der Waals surface area (Å²) in [5.74, 6) is -1.09. The molecule has 8 heteroatoms. The molecule has 0 bridgehead atoms. The minimum atomic E-state index is -3.12.